The van der Waals surface area contributed by atoms with Crippen LogP contribution in [0.25, 0.3) is 0 Å². The lowest BCUT2D eigenvalue weighted by atomic mass is 9.91. The number of fused-ring (bicyclic) bond motifs is 1. The highest BCUT2D eigenvalue weighted by molar-refractivity contribution is 5.40. The zero-order valence-corrected chi connectivity index (χ0v) is 14.8. The van der Waals surface area contributed by atoms with Gasteiger partial charge in [0.25, 0.3) is 0 Å². The molecule has 3 aromatic carbocycles. The number of benzene rings is 3. The fourth-order valence-corrected chi connectivity index (χ4v) is 3.82. The molecule has 132 valence electrons. The molecule has 0 saturated heterocycles. The monoisotopic (exact) mass is 347 g/mol. The number of hydrogen-bond acceptors (Lipinski definition) is 2. The summed E-state index contributed by atoms with van der Waals surface area (Å²) in [4.78, 5) is 0. The summed E-state index contributed by atoms with van der Waals surface area (Å²) in [7, 11) is 2.04. The molecule has 2 nitrogen and oxygen atoms in total. The van der Waals surface area contributed by atoms with Crippen LogP contribution in [-0.4, -0.2) is 13.1 Å². The Morgan fingerprint density at radius 3 is 2.27 bits per heavy atom. The first-order valence-corrected chi connectivity index (χ1v) is 9.00. The highest BCUT2D eigenvalue weighted by Gasteiger charge is 2.30. The molecule has 0 aliphatic heterocycles. The largest absolute Gasteiger partial charge is 0.457 e. The van der Waals surface area contributed by atoms with Gasteiger partial charge in [0.15, 0.2) is 0 Å². The third-order valence-corrected chi connectivity index (χ3v) is 5.18. The molecule has 0 aromatic heterocycles. The van der Waals surface area contributed by atoms with E-state index < -0.39 is 0 Å². The van der Waals surface area contributed by atoms with Crippen molar-refractivity contribution in [2.24, 2.45) is 0 Å². The van der Waals surface area contributed by atoms with Gasteiger partial charge in [-0.05, 0) is 73.0 Å². The summed E-state index contributed by atoms with van der Waals surface area (Å²) in [5.41, 5.74) is 4.20. The maximum absolute atomic E-state index is 13.0. The number of halogens is 1. The fraction of sp³-hybridized carbons (Fsp3) is 0.217. The quantitative estimate of drug-likeness (QED) is 0.694. The minimum Gasteiger partial charge on any atom is -0.457 e. The Morgan fingerprint density at radius 2 is 1.58 bits per heavy atom. The topological polar surface area (TPSA) is 21.3 Å². The van der Waals surface area contributed by atoms with E-state index >= 15 is 0 Å². The van der Waals surface area contributed by atoms with Gasteiger partial charge >= 0.3 is 0 Å². The van der Waals surface area contributed by atoms with Crippen molar-refractivity contribution in [1.29, 1.82) is 0 Å². The molecule has 26 heavy (non-hydrogen) atoms. The Kier molecular flexibility index (Phi) is 4.72. The molecule has 1 aliphatic rings. The molecule has 0 spiro atoms. The Labute approximate surface area is 153 Å². The zero-order valence-electron chi connectivity index (χ0n) is 14.8. The van der Waals surface area contributed by atoms with E-state index in [-0.39, 0.29) is 5.82 Å². The number of hydrogen-bond donors (Lipinski definition) is 1. The first-order valence-electron chi connectivity index (χ1n) is 9.00. The van der Waals surface area contributed by atoms with Gasteiger partial charge in [0, 0.05) is 12.0 Å². The zero-order chi connectivity index (χ0) is 17.9. The van der Waals surface area contributed by atoms with Gasteiger partial charge in [0.1, 0.15) is 17.3 Å². The fourth-order valence-electron chi connectivity index (χ4n) is 3.82. The van der Waals surface area contributed by atoms with Gasteiger partial charge in [-0.2, -0.15) is 0 Å². The van der Waals surface area contributed by atoms with Crippen LogP contribution in [-0.2, 0) is 12.8 Å². The molecule has 3 heteroatoms. The molecule has 1 N–H and O–H groups in total. The molecule has 0 radical (unpaired) electrons. The first kappa shape index (κ1) is 16.8. The van der Waals surface area contributed by atoms with E-state index in [1.165, 1.54) is 28.8 Å². The second-order valence-corrected chi connectivity index (χ2v) is 6.81. The predicted molar refractivity (Wildman–Crippen MR) is 102 cm³/mol. The summed E-state index contributed by atoms with van der Waals surface area (Å²) < 4.78 is 18.8. The van der Waals surface area contributed by atoms with Crippen molar-refractivity contribution in [2.45, 2.75) is 24.8 Å². The summed E-state index contributed by atoms with van der Waals surface area (Å²) >= 11 is 0. The molecule has 0 bridgehead atoms. The van der Waals surface area contributed by atoms with E-state index in [0.29, 0.717) is 17.7 Å². The first-order chi connectivity index (χ1) is 12.7. The van der Waals surface area contributed by atoms with Gasteiger partial charge < -0.3 is 10.1 Å². The van der Waals surface area contributed by atoms with E-state index in [2.05, 4.69) is 41.7 Å². The molecule has 0 unspecified atom stereocenters. The Bertz CT molecular complexity index is 873. The van der Waals surface area contributed by atoms with Crippen LogP contribution in [0.1, 0.15) is 22.6 Å². The molecule has 4 rings (SSSR count). The Morgan fingerprint density at radius 1 is 0.923 bits per heavy atom. The van der Waals surface area contributed by atoms with Crippen molar-refractivity contribution in [3.63, 3.8) is 0 Å². The summed E-state index contributed by atoms with van der Waals surface area (Å²) in [5, 5.41) is 3.47. The van der Waals surface area contributed by atoms with Crippen molar-refractivity contribution >= 4 is 0 Å². The smallest absolute Gasteiger partial charge is 0.127 e. The van der Waals surface area contributed by atoms with Crippen molar-refractivity contribution in [3.8, 4) is 11.5 Å². The molecular weight excluding hydrogens is 325 g/mol. The SMILES string of the molecule is CN[C@H]1Cc2ccccc2[C@H]1Cc1ccc(Oc2ccc(F)cc2)cc1. The lowest BCUT2D eigenvalue weighted by Crippen LogP contribution is -2.30. The average molecular weight is 347 g/mol. The van der Waals surface area contributed by atoms with Crippen LogP contribution < -0.4 is 10.1 Å². The summed E-state index contributed by atoms with van der Waals surface area (Å²) in [6.45, 7) is 0. The van der Waals surface area contributed by atoms with Crippen molar-refractivity contribution in [3.05, 3.63) is 95.3 Å². The Balaban J connectivity index is 1.48. The average Bonchev–Trinajstić information content (AvgIpc) is 3.03. The van der Waals surface area contributed by atoms with Crippen LogP contribution in [0.5, 0.6) is 11.5 Å². The number of ether oxygens (including phenoxy) is 1. The predicted octanol–water partition coefficient (Wildman–Crippen LogP) is 5.09. The molecule has 1 aliphatic carbocycles. The van der Waals surface area contributed by atoms with Gasteiger partial charge in [0.2, 0.25) is 0 Å². The second kappa shape index (κ2) is 7.30. The van der Waals surface area contributed by atoms with Crippen LogP contribution >= 0.6 is 0 Å². The number of rotatable bonds is 5. The maximum Gasteiger partial charge on any atom is 0.127 e. The molecule has 3 aromatic rings. The van der Waals surface area contributed by atoms with E-state index in [0.717, 1.165) is 18.6 Å². The van der Waals surface area contributed by atoms with Gasteiger partial charge in [0.05, 0.1) is 0 Å². The van der Waals surface area contributed by atoms with Gasteiger partial charge in [-0.1, -0.05) is 36.4 Å². The minimum absolute atomic E-state index is 0.261. The minimum atomic E-state index is -0.261. The molecular formula is C23H22FNO. The van der Waals surface area contributed by atoms with Crippen molar-refractivity contribution < 1.29 is 9.13 Å². The normalized spacial score (nSPS) is 18.5. The van der Waals surface area contributed by atoms with E-state index in [1.54, 1.807) is 12.1 Å². The van der Waals surface area contributed by atoms with Crippen LogP contribution in [0.15, 0.2) is 72.8 Å². The molecule has 0 fully saturated rings. The van der Waals surface area contributed by atoms with E-state index in [4.69, 9.17) is 4.74 Å². The van der Waals surface area contributed by atoms with Gasteiger partial charge in [-0.15, -0.1) is 0 Å². The second-order valence-electron chi connectivity index (χ2n) is 6.81. The lowest BCUT2D eigenvalue weighted by Gasteiger charge is -2.20. The summed E-state index contributed by atoms with van der Waals surface area (Å²) in [5.74, 6) is 1.63. The number of nitrogens with one attached hydrogen (secondary N) is 1. The van der Waals surface area contributed by atoms with Crippen LogP contribution in [0.2, 0.25) is 0 Å². The molecule has 0 saturated carbocycles. The van der Waals surface area contributed by atoms with Crippen LogP contribution in [0, 0.1) is 5.82 Å². The lowest BCUT2D eigenvalue weighted by molar-refractivity contribution is 0.478. The highest BCUT2D eigenvalue weighted by Crippen LogP contribution is 2.36. The molecule has 0 heterocycles. The van der Waals surface area contributed by atoms with Gasteiger partial charge in [-0.3, -0.25) is 0 Å². The molecule has 2 atom stereocenters. The van der Waals surface area contributed by atoms with Crippen molar-refractivity contribution in [2.75, 3.05) is 7.05 Å². The summed E-state index contributed by atoms with van der Waals surface area (Å²) in [6.07, 6.45) is 2.09. The number of likely N-dealkylation sites (N-methyl/N-ethyl adjacent to an activating group) is 1. The Hall–Kier alpha value is -2.65. The van der Waals surface area contributed by atoms with Crippen LogP contribution in [0.3, 0.4) is 0 Å². The molecule has 0 amide bonds. The third kappa shape index (κ3) is 3.49. The maximum atomic E-state index is 13.0. The van der Waals surface area contributed by atoms with E-state index in [9.17, 15) is 4.39 Å². The van der Waals surface area contributed by atoms with Crippen molar-refractivity contribution in [1.82, 2.24) is 5.32 Å². The highest BCUT2D eigenvalue weighted by atomic mass is 19.1. The summed E-state index contributed by atoms with van der Waals surface area (Å²) in [6, 6.07) is 23.5. The third-order valence-electron chi connectivity index (χ3n) is 5.18. The van der Waals surface area contributed by atoms with E-state index in [1.807, 2.05) is 19.2 Å². The van der Waals surface area contributed by atoms with Gasteiger partial charge in [-0.25, -0.2) is 4.39 Å². The standard InChI is InChI=1S/C23H22FNO/c1-25-23-15-17-4-2-3-5-21(17)22(23)14-16-6-10-19(11-7-16)26-20-12-8-18(24)9-13-20/h2-13,22-23,25H,14-15H2,1H3/t22-,23+/m1/s1. The van der Waals surface area contributed by atoms with Crippen LogP contribution in [0.4, 0.5) is 4.39 Å².